The fourth-order valence-electron chi connectivity index (χ4n) is 0. The Morgan fingerprint density at radius 3 is 1.00 bits per heavy atom. The van der Waals surface area contributed by atoms with Crippen molar-refractivity contribution < 1.29 is 31.3 Å². The van der Waals surface area contributed by atoms with Gasteiger partial charge in [0.1, 0.15) is 0 Å². The van der Waals surface area contributed by atoms with Crippen LogP contribution in [0.1, 0.15) is 0 Å². The minimum absolute atomic E-state index is 0. The molecule has 0 aliphatic heterocycles. The van der Waals surface area contributed by atoms with Crippen molar-refractivity contribution in [1.29, 1.82) is 0 Å². The summed E-state index contributed by atoms with van der Waals surface area (Å²) in [5, 5.41) is 0. The summed E-state index contributed by atoms with van der Waals surface area (Å²) in [6.45, 7) is 0. The first kappa shape index (κ1) is 10.5. The van der Waals surface area contributed by atoms with Gasteiger partial charge < -0.3 is 0 Å². The van der Waals surface area contributed by atoms with Gasteiger partial charge in [-0.2, -0.15) is 0 Å². The summed E-state index contributed by atoms with van der Waals surface area (Å²) in [7, 11) is 0. The van der Waals surface area contributed by atoms with Crippen molar-refractivity contribution in [3.63, 3.8) is 0 Å². The maximum atomic E-state index is 10.1. The van der Waals surface area contributed by atoms with Gasteiger partial charge in [-0.1, -0.05) is 0 Å². The molecular formula is HF3LiMnO2. The molecule has 0 bridgehead atoms. The van der Waals surface area contributed by atoms with E-state index in [9.17, 15) is 10.7 Å². The third-order valence-electron chi connectivity index (χ3n) is 0. The Bertz CT molecular complexity index is 140. The molecule has 0 fully saturated rings. The Morgan fingerprint density at radius 2 is 1.00 bits per heavy atom. The molecule has 0 aromatic rings. The van der Waals surface area contributed by atoms with Crippen molar-refractivity contribution in [1.82, 2.24) is 0 Å². The Labute approximate surface area is 50.6 Å². The summed E-state index contributed by atoms with van der Waals surface area (Å²) >= 11 is -8.26. The predicted molar refractivity (Wildman–Crippen MR) is 11.8 cm³/mol. The molecule has 0 saturated carbocycles. The Kier molecular flexibility index (Phi) is 2.68. The maximum absolute atomic E-state index is 10.1. The first-order valence-corrected chi connectivity index (χ1v) is 3.04. The summed E-state index contributed by atoms with van der Waals surface area (Å²) < 4.78 is 46.8. The monoisotopic (exact) mass is 152 g/mol. The van der Waals surface area contributed by atoms with E-state index in [1.165, 1.54) is 0 Å². The van der Waals surface area contributed by atoms with Gasteiger partial charge in [-0.3, -0.25) is 0 Å². The third-order valence-corrected chi connectivity index (χ3v) is 0. The van der Waals surface area contributed by atoms with E-state index in [2.05, 4.69) is 0 Å². The van der Waals surface area contributed by atoms with E-state index in [0.29, 0.717) is 0 Å². The van der Waals surface area contributed by atoms with Crippen molar-refractivity contribution >= 4 is 18.9 Å². The molecule has 0 unspecified atom stereocenters. The molecule has 0 aromatic heterocycles. The van der Waals surface area contributed by atoms with Crippen LogP contribution < -0.4 is 0 Å². The standard InChI is InChI=1S/3FH.Li.Mn.2O.H/h3*1H;;;;;/q;;;;+3;;;/p-3. The molecule has 0 aromatic carbocycles. The zero-order valence-corrected chi connectivity index (χ0v) is 3.51. The SMILES string of the molecule is [LiH].[O]=[Mn](=[O])([F])([F])[F]. The van der Waals surface area contributed by atoms with Crippen LogP contribution in [0.25, 0.3) is 0 Å². The van der Waals surface area contributed by atoms with Gasteiger partial charge >= 0.3 is 50.2 Å². The van der Waals surface area contributed by atoms with E-state index in [-0.39, 0.29) is 18.9 Å². The summed E-state index contributed by atoms with van der Waals surface area (Å²) in [5.74, 6) is 0. The Balaban J connectivity index is 0. The second-order valence-corrected chi connectivity index (χ2v) is 2.37. The van der Waals surface area contributed by atoms with E-state index >= 15 is 0 Å². The van der Waals surface area contributed by atoms with Crippen molar-refractivity contribution in [2.24, 2.45) is 0 Å². The van der Waals surface area contributed by atoms with E-state index in [1.807, 2.05) is 0 Å². The van der Waals surface area contributed by atoms with E-state index in [4.69, 9.17) is 7.67 Å². The minimum atomic E-state index is -8.26. The van der Waals surface area contributed by atoms with Crippen LogP contribution in [0.3, 0.4) is 0 Å². The molecule has 7 heteroatoms. The Morgan fingerprint density at radius 1 is 1.00 bits per heavy atom. The van der Waals surface area contributed by atoms with E-state index in [0.717, 1.165) is 0 Å². The van der Waals surface area contributed by atoms with Gasteiger partial charge in [0.25, 0.3) is 0 Å². The van der Waals surface area contributed by atoms with E-state index < -0.39 is 13.0 Å². The molecule has 42 valence electrons. The zero-order valence-electron chi connectivity index (χ0n) is 2.33. The van der Waals surface area contributed by atoms with Crippen LogP contribution in [0, 0.1) is 0 Å². The van der Waals surface area contributed by atoms with Gasteiger partial charge in [-0.15, -0.1) is 0 Å². The van der Waals surface area contributed by atoms with Crippen LogP contribution in [-0.2, 0) is 20.7 Å². The van der Waals surface area contributed by atoms with Gasteiger partial charge in [-0.25, -0.2) is 0 Å². The number of rotatable bonds is 0. The number of hydrogen-bond acceptors (Lipinski definition) is 2. The molecule has 0 radical (unpaired) electrons. The first-order chi connectivity index (χ1) is 2.24. The number of hydrogen-bond donors (Lipinski definition) is 0. The van der Waals surface area contributed by atoms with Crippen molar-refractivity contribution in [3.8, 4) is 0 Å². The molecule has 0 aliphatic rings. The van der Waals surface area contributed by atoms with Gasteiger partial charge in [0.05, 0.1) is 0 Å². The quantitative estimate of drug-likeness (QED) is 0.470. The Hall–Kier alpha value is 0.507. The predicted octanol–water partition coefficient (Wildman–Crippen LogP) is 0.372. The molecule has 0 rings (SSSR count). The summed E-state index contributed by atoms with van der Waals surface area (Å²) in [6.07, 6.45) is 0. The van der Waals surface area contributed by atoms with Gasteiger partial charge in [0, 0.05) is 0 Å². The summed E-state index contributed by atoms with van der Waals surface area (Å²) in [5.41, 5.74) is 0. The average molecular weight is 152 g/mol. The molecule has 0 atom stereocenters. The molecule has 0 saturated heterocycles. The first-order valence-electron chi connectivity index (χ1n) is 0.737. The number of halogens is 3. The second kappa shape index (κ2) is 1.79. The zero-order chi connectivity index (χ0) is 5.45. The van der Waals surface area contributed by atoms with Crippen molar-refractivity contribution in [3.05, 3.63) is 0 Å². The van der Waals surface area contributed by atoms with Crippen LogP contribution in [0.5, 0.6) is 0 Å². The van der Waals surface area contributed by atoms with Crippen LogP contribution in [-0.4, -0.2) is 18.9 Å². The van der Waals surface area contributed by atoms with Crippen LogP contribution in [0.15, 0.2) is 0 Å². The normalized spacial score (nSPS) is 16.1. The van der Waals surface area contributed by atoms with Crippen molar-refractivity contribution in [2.45, 2.75) is 0 Å². The van der Waals surface area contributed by atoms with Crippen molar-refractivity contribution in [2.75, 3.05) is 0 Å². The molecule has 0 amide bonds. The van der Waals surface area contributed by atoms with Gasteiger partial charge in [0.2, 0.25) is 0 Å². The molecule has 0 spiro atoms. The molecule has 0 aliphatic carbocycles. The molecule has 0 heterocycles. The van der Waals surface area contributed by atoms with Gasteiger partial charge in [-0.05, 0) is 0 Å². The fraction of sp³-hybridized carbons (Fsp3) is 0. The fourth-order valence-corrected chi connectivity index (χ4v) is 0. The van der Waals surface area contributed by atoms with Gasteiger partial charge in [0.15, 0.2) is 0 Å². The van der Waals surface area contributed by atoms with Crippen LogP contribution >= 0.6 is 0 Å². The van der Waals surface area contributed by atoms with E-state index in [1.54, 1.807) is 0 Å². The molecular weight excluding hydrogens is 151 g/mol. The summed E-state index contributed by atoms with van der Waals surface area (Å²) in [4.78, 5) is 0. The topological polar surface area (TPSA) is 34.1 Å². The summed E-state index contributed by atoms with van der Waals surface area (Å²) in [6, 6.07) is 0. The second-order valence-electron chi connectivity index (χ2n) is 0.575. The average Bonchev–Trinajstić information content (AvgIpc) is 0.650. The third kappa shape index (κ3) is 514. The molecule has 2 nitrogen and oxygen atoms in total. The molecule has 0 N–H and O–H groups in total. The molecule has 7 heavy (non-hydrogen) atoms. The van der Waals surface area contributed by atoms with Crippen LogP contribution in [0.4, 0.5) is 10.7 Å². The van der Waals surface area contributed by atoms with Crippen LogP contribution in [0.2, 0.25) is 0 Å².